The van der Waals surface area contributed by atoms with Crippen LogP contribution in [0, 0.1) is 0 Å². The molecule has 9 heavy (non-hydrogen) atoms. The van der Waals surface area contributed by atoms with E-state index in [2.05, 4.69) is 10.2 Å². The quantitative estimate of drug-likeness (QED) is 0.589. The van der Waals surface area contributed by atoms with Crippen molar-refractivity contribution in [3.8, 4) is 0 Å². The Morgan fingerprint density at radius 3 is 3.11 bits per heavy atom. The zero-order chi connectivity index (χ0) is 6.69. The molecule has 0 saturated heterocycles. The van der Waals surface area contributed by atoms with Gasteiger partial charge in [-0.2, -0.15) is 0 Å². The first-order chi connectivity index (χ1) is 4.29. The van der Waals surface area contributed by atoms with Gasteiger partial charge in [-0.1, -0.05) is 0 Å². The van der Waals surface area contributed by atoms with Gasteiger partial charge in [0.25, 0.3) is 0 Å². The molecule has 4 heteroatoms. The number of hydrogen-bond acceptors (Lipinski definition) is 4. The van der Waals surface area contributed by atoms with E-state index in [0.29, 0.717) is 11.6 Å². The number of hydrogen-bond donors (Lipinski definition) is 1. The summed E-state index contributed by atoms with van der Waals surface area (Å²) in [5, 5.41) is 7.04. The molecule has 0 unspecified atom stereocenters. The van der Waals surface area contributed by atoms with Crippen LogP contribution < -0.4 is 5.73 Å². The number of nitrogens with two attached hydrogens (primary N) is 1. The molecule has 0 aliphatic carbocycles. The molecule has 1 heterocycles. The molecule has 0 aromatic carbocycles. The van der Waals surface area contributed by atoms with E-state index >= 15 is 0 Å². The monoisotopic (exact) mass is 125 g/mol. The Bertz CT molecular complexity index is 198. The van der Waals surface area contributed by atoms with Crippen LogP contribution in [-0.4, -0.2) is 10.2 Å². The maximum Gasteiger partial charge on any atom is 0.241 e. The van der Waals surface area contributed by atoms with Crippen molar-refractivity contribution in [2.24, 2.45) is 5.73 Å². The predicted octanol–water partition coefficient (Wildman–Crippen LogP) is 0.389. The molecule has 0 fully saturated rings. The number of rotatable bonds is 1. The van der Waals surface area contributed by atoms with E-state index in [1.165, 1.54) is 6.39 Å². The van der Waals surface area contributed by atoms with Gasteiger partial charge in [-0.05, 0) is 6.92 Å². The van der Waals surface area contributed by atoms with Crippen molar-refractivity contribution >= 4 is 6.08 Å². The van der Waals surface area contributed by atoms with Crippen molar-refractivity contribution in [1.29, 1.82) is 0 Å². The number of allylic oxidation sites excluding steroid dienone is 1. The van der Waals surface area contributed by atoms with Gasteiger partial charge in [-0.15, -0.1) is 10.2 Å². The third-order valence-electron chi connectivity index (χ3n) is 0.728. The molecule has 1 rings (SSSR count). The van der Waals surface area contributed by atoms with Crippen LogP contribution in [0.5, 0.6) is 0 Å². The summed E-state index contributed by atoms with van der Waals surface area (Å²) in [6.45, 7) is 1.75. The lowest BCUT2D eigenvalue weighted by molar-refractivity contribution is 0.542. The molecule has 1 aromatic heterocycles. The molecule has 0 amide bonds. The summed E-state index contributed by atoms with van der Waals surface area (Å²) < 4.78 is 4.77. The second-order valence-electron chi connectivity index (χ2n) is 1.67. The fraction of sp³-hybridized carbons (Fsp3) is 0.200. The van der Waals surface area contributed by atoms with Gasteiger partial charge >= 0.3 is 0 Å². The van der Waals surface area contributed by atoms with Gasteiger partial charge in [0.1, 0.15) is 0 Å². The van der Waals surface area contributed by atoms with Crippen LogP contribution in [0.1, 0.15) is 12.8 Å². The van der Waals surface area contributed by atoms with E-state index in [-0.39, 0.29) is 0 Å². The minimum absolute atomic E-state index is 0.440. The number of aromatic nitrogens is 2. The highest BCUT2D eigenvalue weighted by molar-refractivity contribution is 5.40. The predicted molar refractivity (Wildman–Crippen MR) is 32.1 cm³/mol. The molecule has 0 saturated carbocycles. The van der Waals surface area contributed by atoms with Crippen LogP contribution in [0.4, 0.5) is 0 Å². The van der Waals surface area contributed by atoms with Crippen LogP contribution in [0.3, 0.4) is 0 Å². The fourth-order valence-corrected chi connectivity index (χ4v) is 0.439. The van der Waals surface area contributed by atoms with Gasteiger partial charge in [0.05, 0.1) is 0 Å². The molecule has 0 aliphatic heterocycles. The Hall–Kier alpha value is -1.32. The van der Waals surface area contributed by atoms with E-state index < -0.39 is 0 Å². The molecule has 0 spiro atoms. The Labute approximate surface area is 52.4 Å². The first-order valence-corrected chi connectivity index (χ1v) is 2.49. The maximum absolute atomic E-state index is 5.32. The third-order valence-corrected chi connectivity index (χ3v) is 0.728. The van der Waals surface area contributed by atoms with Gasteiger partial charge in [0, 0.05) is 11.8 Å². The standard InChI is InChI=1S/C5H7N3O/c1-4(6)2-5-8-7-3-9-5/h2-3H,6H2,1H3. The van der Waals surface area contributed by atoms with Crippen molar-refractivity contribution in [3.63, 3.8) is 0 Å². The molecule has 0 atom stereocenters. The van der Waals surface area contributed by atoms with Crippen molar-refractivity contribution < 1.29 is 4.42 Å². The van der Waals surface area contributed by atoms with Crippen LogP contribution in [0.2, 0.25) is 0 Å². The fourth-order valence-electron chi connectivity index (χ4n) is 0.439. The van der Waals surface area contributed by atoms with Gasteiger partial charge in [0.15, 0.2) is 0 Å². The Morgan fingerprint density at radius 1 is 1.89 bits per heavy atom. The lowest BCUT2D eigenvalue weighted by Gasteiger charge is -1.82. The zero-order valence-corrected chi connectivity index (χ0v) is 5.03. The van der Waals surface area contributed by atoms with E-state index in [0.717, 1.165) is 0 Å². The number of nitrogens with zero attached hydrogens (tertiary/aromatic N) is 2. The summed E-state index contributed by atoms with van der Waals surface area (Å²) >= 11 is 0. The summed E-state index contributed by atoms with van der Waals surface area (Å²) in [5.41, 5.74) is 5.97. The SMILES string of the molecule is CC(N)=Cc1nnco1. The molecule has 0 bridgehead atoms. The van der Waals surface area contributed by atoms with Crippen LogP contribution in [-0.2, 0) is 0 Å². The Morgan fingerprint density at radius 2 is 2.67 bits per heavy atom. The van der Waals surface area contributed by atoms with Gasteiger partial charge in [0.2, 0.25) is 12.3 Å². The smallest absolute Gasteiger partial charge is 0.241 e. The van der Waals surface area contributed by atoms with Crippen molar-refractivity contribution in [3.05, 3.63) is 18.0 Å². The second kappa shape index (κ2) is 2.30. The summed E-state index contributed by atoms with van der Waals surface area (Å²) in [6.07, 6.45) is 2.86. The van der Waals surface area contributed by atoms with Crippen molar-refractivity contribution in [2.75, 3.05) is 0 Å². The van der Waals surface area contributed by atoms with Gasteiger partial charge < -0.3 is 10.2 Å². The average Bonchev–Trinajstić information content (AvgIpc) is 2.15. The summed E-state index contributed by atoms with van der Waals surface area (Å²) in [6, 6.07) is 0. The van der Waals surface area contributed by atoms with E-state index in [1.54, 1.807) is 13.0 Å². The van der Waals surface area contributed by atoms with Crippen LogP contribution in [0.15, 0.2) is 16.5 Å². The maximum atomic E-state index is 5.32. The first kappa shape index (κ1) is 5.81. The van der Waals surface area contributed by atoms with Gasteiger partial charge in [-0.25, -0.2) is 0 Å². The van der Waals surface area contributed by atoms with Crippen molar-refractivity contribution in [2.45, 2.75) is 6.92 Å². The Balaban J connectivity index is 2.80. The first-order valence-electron chi connectivity index (χ1n) is 2.49. The van der Waals surface area contributed by atoms with Crippen LogP contribution in [0.25, 0.3) is 6.08 Å². The molecule has 4 nitrogen and oxygen atoms in total. The van der Waals surface area contributed by atoms with E-state index in [9.17, 15) is 0 Å². The highest BCUT2D eigenvalue weighted by Gasteiger charge is 1.89. The molecular weight excluding hydrogens is 118 g/mol. The summed E-state index contributed by atoms with van der Waals surface area (Å²) in [7, 11) is 0. The Kier molecular flexibility index (Phi) is 1.48. The van der Waals surface area contributed by atoms with Crippen molar-refractivity contribution in [1.82, 2.24) is 10.2 Å². The van der Waals surface area contributed by atoms with Gasteiger partial charge in [-0.3, -0.25) is 0 Å². The van der Waals surface area contributed by atoms with E-state index in [4.69, 9.17) is 10.2 Å². The molecule has 48 valence electrons. The normalized spacial score (nSPS) is 11.9. The molecule has 1 aromatic rings. The van der Waals surface area contributed by atoms with E-state index in [1.807, 2.05) is 0 Å². The second-order valence-corrected chi connectivity index (χ2v) is 1.67. The zero-order valence-electron chi connectivity index (χ0n) is 5.03. The lowest BCUT2D eigenvalue weighted by atomic mass is 10.4. The molecule has 0 radical (unpaired) electrons. The minimum atomic E-state index is 0.440. The third kappa shape index (κ3) is 1.56. The highest BCUT2D eigenvalue weighted by Crippen LogP contribution is 1.95. The molecular formula is C5H7N3O. The average molecular weight is 125 g/mol. The lowest BCUT2D eigenvalue weighted by Crippen LogP contribution is -1.89. The van der Waals surface area contributed by atoms with Crippen LogP contribution >= 0.6 is 0 Å². The minimum Gasteiger partial charge on any atom is -0.424 e. The largest absolute Gasteiger partial charge is 0.424 e. The summed E-state index contributed by atoms with van der Waals surface area (Å²) in [4.78, 5) is 0. The summed E-state index contributed by atoms with van der Waals surface area (Å²) in [5.74, 6) is 0.440. The molecule has 0 aliphatic rings. The highest BCUT2D eigenvalue weighted by atomic mass is 16.4. The molecule has 2 N–H and O–H groups in total. The topological polar surface area (TPSA) is 64.9 Å².